The Hall–Kier alpha value is -1.62. The van der Waals surface area contributed by atoms with Crippen LogP contribution in [0.5, 0.6) is 0 Å². The van der Waals surface area contributed by atoms with Gasteiger partial charge in [-0.15, -0.1) is 0 Å². The molecule has 0 bridgehead atoms. The predicted octanol–water partition coefficient (Wildman–Crippen LogP) is 1.90. The minimum atomic E-state index is -0.150. The van der Waals surface area contributed by atoms with Crippen LogP contribution in [0.4, 0.5) is 10.1 Å². The summed E-state index contributed by atoms with van der Waals surface area (Å²) in [4.78, 5) is 13.1. The summed E-state index contributed by atoms with van der Waals surface area (Å²) in [5.41, 5.74) is 1.72. The van der Waals surface area contributed by atoms with E-state index in [0.717, 1.165) is 43.7 Å². The molecule has 5 heteroatoms. The van der Waals surface area contributed by atoms with Crippen molar-refractivity contribution in [1.29, 1.82) is 0 Å². The average molecular weight is 293 g/mol. The smallest absolute Gasteiger partial charge is 0.216 e. The number of hydrogen-bond acceptors (Lipinski definition) is 3. The molecule has 0 aromatic heterocycles. The third-order valence-corrected chi connectivity index (χ3v) is 4.01. The first-order valence-corrected chi connectivity index (χ1v) is 7.53. The average Bonchev–Trinajstić information content (AvgIpc) is 2.46. The van der Waals surface area contributed by atoms with Gasteiger partial charge in [-0.05, 0) is 37.4 Å². The maximum Gasteiger partial charge on any atom is 0.216 e. The van der Waals surface area contributed by atoms with Gasteiger partial charge in [-0.3, -0.25) is 4.79 Å². The maximum absolute atomic E-state index is 14.2. The molecular weight excluding hydrogens is 269 g/mol. The normalized spacial score (nSPS) is 16.0. The Labute approximate surface area is 125 Å². The van der Waals surface area contributed by atoms with Gasteiger partial charge in [0.25, 0.3) is 0 Å². The number of hydrogen-bond donors (Lipinski definition) is 2. The molecular formula is C16H24FN3O. The van der Waals surface area contributed by atoms with Gasteiger partial charge < -0.3 is 15.5 Å². The molecule has 1 aliphatic heterocycles. The minimum Gasteiger partial charge on any atom is -0.369 e. The second-order valence-electron chi connectivity index (χ2n) is 5.65. The number of piperidine rings is 1. The molecule has 116 valence electrons. The number of carbonyl (C=O) groups is 1. The highest BCUT2D eigenvalue weighted by Gasteiger charge is 2.23. The van der Waals surface area contributed by atoms with Crippen LogP contribution in [0.3, 0.4) is 0 Å². The first-order valence-electron chi connectivity index (χ1n) is 7.53. The van der Waals surface area contributed by atoms with Gasteiger partial charge in [0.1, 0.15) is 5.82 Å². The van der Waals surface area contributed by atoms with Crippen LogP contribution < -0.4 is 15.5 Å². The molecule has 1 amide bonds. The molecule has 21 heavy (non-hydrogen) atoms. The lowest BCUT2D eigenvalue weighted by Gasteiger charge is -2.35. The second-order valence-corrected chi connectivity index (χ2v) is 5.65. The number of amides is 1. The van der Waals surface area contributed by atoms with Crippen LogP contribution in [0, 0.1) is 11.7 Å². The molecule has 0 radical (unpaired) electrons. The highest BCUT2D eigenvalue weighted by atomic mass is 19.1. The lowest BCUT2D eigenvalue weighted by molar-refractivity contribution is -0.119. The summed E-state index contributed by atoms with van der Waals surface area (Å²) in [5.74, 6) is 0.357. The fraction of sp³-hybridized carbons (Fsp3) is 0.562. The van der Waals surface area contributed by atoms with Crippen molar-refractivity contribution in [2.24, 2.45) is 5.92 Å². The Morgan fingerprint density at radius 2 is 2.10 bits per heavy atom. The highest BCUT2D eigenvalue weighted by Crippen LogP contribution is 2.29. The van der Waals surface area contributed by atoms with Crippen LogP contribution >= 0.6 is 0 Å². The molecule has 1 aromatic carbocycles. The summed E-state index contributed by atoms with van der Waals surface area (Å²) in [6.07, 6.45) is 1.96. The highest BCUT2D eigenvalue weighted by molar-refractivity contribution is 5.72. The molecule has 2 rings (SSSR count). The van der Waals surface area contributed by atoms with Crippen LogP contribution in [0.15, 0.2) is 18.2 Å². The Bertz CT molecular complexity index is 484. The van der Waals surface area contributed by atoms with Crippen LogP contribution in [-0.2, 0) is 11.3 Å². The van der Waals surface area contributed by atoms with Crippen molar-refractivity contribution in [3.05, 3.63) is 29.6 Å². The van der Waals surface area contributed by atoms with Gasteiger partial charge in [0.2, 0.25) is 5.91 Å². The van der Waals surface area contributed by atoms with Crippen molar-refractivity contribution < 1.29 is 9.18 Å². The molecule has 1 aliphatic rings. The summed E-state index contributed by atoms with van der Waals surface area (Å²) in [6, 6.07) is 5.26. The molecule has 1 fully saturated rings. The Kier molecular flexibility index (Phi) is 5.56. The number of halogens is 1. The zero-order chi connectivity index (χ0) is 15.2. The summed E-state index contributed by atoms with van der Waals surface area (Å²) >= 11 is 0. The lowest BCUT2D eigenvalue weighted by atomic mass is 9.95. The van der Waals surface area contributed by atoms with E-state index >= 15 is 0 Å². The molecule has 0 unspecified atom stereocenters. The van der Waals surface area contributed by atoms with Crippen molar-refractivity contribution in [3.8, 4) is 0 Å². The van der Waals surface area contributed by atoms with Crippen molar-refractivity contribution in [3.63, 3.8) is 0 Å². The number of anilines is 1. The summed E-state index contributed by atoms with van der Waals surface area (Å²) in [7, 11) is 1.87. The third-order valence-electron chi connectivity index (χ3n) is 4.01. The first-order chi connectivity index (χ1) is 10.1. The van der Waals surface area contributed by atoms with E-state index in [4.69, 9.17) is 0 Å². The zero-order valence-corrected chi connectivity index (χ0v) is 12.8. The van der Waals surface area contributed by atoms with Gasteiger partial charge in [-0.1, -0.05) is 12.1 Å². The monoisotopic (exact) mass is 293 g/mol. The second kappa shape index (κ2) is 7.41. The van der Waals surface area contributed by atoms with E-state index in [1.807, 2.05) is 13.1 Å². The summed E-state index contributed by atoms with van der Waals surface area (Å²) in [6.45, 7) is 4.60. The minimum absolute atomic E-state index is 0.0165. The van der Waals surface area contributed by atoms with Crippen molar-refractivity contribution in [2.45, 2.75) is 26.3 Å². The molecule has 1 heterocycles. The van der Waals surface area contributed by atoms with E-state index in [0.29, 0.717) is 12.5 Å². The van der Waals surface area contributed by atoms with Crippen LogP contribution in [0.2, 0.25) is 0 Å². The first kappa shape index (κ1) is 15.8. The fourth-order valence-electron chi connectivity index (χ4n) is 2.90. The lowest BCUT2D eigenvalue weighted by Crippen LogP contribution is -2.39. The Morgan fingerprint density at radius 3 is 2.71 bits per heavy atom. The van der Waals surface area contributed by atoms with Gasteiger partial charge in [0, 0.05) is 33.1 Å². The molecule has 0 spiro atoms. The quantitative estimate of drug-likeness (QED) is 0.871. The number of carbonyl (C=O) groups excluding carboxylic acids is 1. The number of nitrogens with one attached hydrogen (secondary N) is 2. The van der Waals surface area contributed by atoms with E-state index in [1.54, 1.807) is 13.0 Å². The maximum atomic E-state index is 14.2. The summed E-state index contributed by atoms with van der Waals surface area (Å²) in [5, 5.41) is 5.96. The van der Waals surface area contributed by atoms with E-state index in [9.17, 15) is 9.18 Å². The van der Waals surface area contributed by atoms with Gasteiger partial charge in [0.05, 0.1) is 5.69 Å². The summed E-state index contributed by atoms with van der Waals surface area (Å²) < 4.78 is 14.2. The molecule has 2 N–H and O–H groups in total. The van der Waals surface area contributed by atoms with Gasteiger partial charge in [0.15, 0.2) is 0 Å². The Balaban J connectivity index is 2.00. The fourth-order valence-corrected chi connectivity index (χ4v) is 2.90. The van der Waals surface area contributed by atoms with Crippen molar-refractivity contribution in [2.75, 3.05) is 31.6 Å². The van der Waals surface area contributed by atoms with Gasteiger partial charge in [-0.25, -0.2) is 4.39 Å². The molecule has 1 saturated heterocycles. The molecule has 0 saturated carbocycles. The topological polar surface area (TPSA) is 44.4 Å². The Morgan fingerprint density at radius 1 is 1.38 bits per heavy atom. The van der Waals surface area contributed by atoms with E-state index < -0.39 is 0 Å². The number of rotatable bonds is 5. The van der Waals surface area contributed by atoms with Gasteiger partial charge >= 0.3 is 0 Å². The van der Waals surface area contributed by atoms with E-state index in [-0.39, 0.29) is 11.7 Å². The molecule has 1 aromatic rings. The number of para-hydroxylation sites is 1. The predicted molar refractivity (Wildman–Crippen MR) is 82.8 cm³/mol. The molecule has 4 nitrogen and oxygen atoms in total. The van der Waals surface area contributed by atoms with Crippen molar-refractivity contribution in [1.82, 2.24) is 10.6 Å². The number of nitrogens with zero attached hydrogens (tertiary/aromatic N) is 1. The van der Waals surface area contributed by atoms with E-state index in [1.165, 1.54) is 6.07 Å². The number of benzene rings is 1. The third kappa shape index (κ3) is 4.17. The van der Waals surface area contributed by atoms with Gasteiger partial charge in [-0.2, -0.15) is 0 Å². The van der Waals surface area contributed by atoms with Crippen LogP contribution in [0.25, 0.3) is 0 Å². The van der Waals surface area contributed by atoms with Crippen molar-refractivity contribution >= 4 is 11.6 Å². The zero-order valence-electron chi connectivity index (χ0n) is 12.8. The van der Waals surface area contributed by atoms with Crippen LogP contribution in [-0.4, -0.2) is 32.6 Å². The molecule has 0 atom stereocenters. The van der Waals surface area contributed by atoms with Crippen LogP contribution in [0.1, 0.15) is 25.3 Å². The molecule has 0 aliphatic carbocycles. The standard InChI is InChI=1S/C16H24FN3O/c1-12(21)19-10-13-6-8-20(9-7-13)16-14(11-18-2)4-3-5-15(16)17/h3-5,13,18H,6-11H2,1-2H3,(H,19,21). The largest absolute Gasteiger partial charge is 0.369 e. The van der Waals surface area contributed by atoms with E-state index in [2.05, 4.69) is 15.5 Å². The SMILES string of the molecule is CNCc1cccc(F)c1N1CCC(CNC(C)=O)CC1.